The summed E-state index contributed by atoms with van der Waals surface area (Å²) in [5.74, 6) is 0. The predicted octanol–water partition coefficient (Wildman–Crippen LogP) is 5.00. The molecule has 0 bridgehead atoms. The molecular formula is C26H27N5O2S. The smallest absolute Gasteiger partial charge is 0.321 e. The van der Waals surface area contributed by atoms with Crippen LogP contribution in [0.3, 0.4) is 0 Å². The summed E-state index contributed by atoms with van der Waals surface area (Å²) in [5.41, 5.74) is 6.43. The first-order chi connectivity index (χ1) is 16.7. The van der Waals surface area contributed by atoms with Crippen molar-refractivity contribution in [1.82, 2.24) is 20.2 Å². The first-order valence-corrected chi connectivity index (χ1v) is 12.3. The van der Waals surface area contributed by atoms with Gasteiger partial charge in [-0.15, -0.1) is 0 Å². The molecule has 0 atom stereocenters. The maximum Gasteiger partial charge on any atom is 0.321 e. The molecule has 2 N–H and O–H groups in total. The number of fused-ring (bicyclic) bond motifs is 1. The minimum Gasteiger partial charge on any atom is -0.379 e. The topological polar surface area (TPSA) is 79.4 Å². The Morgan fingerprint density at radius 2 is 1.91 bits per heavy atom. The summed E-state index contributed by atoms with van der Waals surface area (Å²) in [5, 5.41) is 6.17. The first-order valence-electron chi connectivity index (χ1n) is 11.5. The molecule has 1 aliphatic heterocycles. The maximum atomic E-state index is 12.0. The molecule has 1 aliphatic rings. The molecule has 4 aromatic rings. The Kier molecular flexibility index (Phi) is 6.80. The first kappa shape index (κ1) is 22.5. The Hall–Kier alpha value is -3.33. The second-order valence-corrected chi connectivity index (χ2v) is 9.20. The van der Waals surface area contributed by atoms with Crippen LogP contribution in [0.5, 0.6) is 0 Å². The van der Waals surface area contributed by atoms with Crippen LogP contribution in [0.25, 0.3) is 32.5 Å². The summed E-state index contributed by atoms with van der Waals surface area (Å²) in [6.07, 6.45) is 3.63. The average molecular weight is 474 g/mol. The van der Waals surface area contributed by atoms with E-state index in [1.54, 1.807) is 6.20 Å². The van der Waals surface area contributed by atoms with E-state index in [0.29, 0.717) is 11.7 Å². The summed E-state index contributed by atoms with van der Waals surface area (Å²) in [6.45, 7) is 6.94. The molecule has 0 unspecified atom stereocenters. The average Bonchev–Trinajstić information content (AvgIpc) is 3.27. The molecule has 0 radical (unpaired) electrons. The molecule has 174 valence electrons. The molecule has 0 spiro atoms. The van der Waals surface area contributed by atoms with Crippen molar-refractivity contribution < 1.29 is 9.53 Å². The third-order valence-corrected chi connectivity index (χ3v) is 6.84. The molecule has 1 saturated heterocycles. The van der Waals surface area contributed by atoms with Crippen molar-refractivity contribution in [3.05, 3.63) is 66.5 Å². The van der Waals surface area contributed by atoms with E-state index in [2.05, 4.69) is 56.9 Å². The number of hydrogen-bond acceptors (Lipinski definition) is 6. The standard InChI is InChI=1S/C26H27N5O2S/c1-2-28-25(32)30-26-29-23-15-21(14-22(24(23)34-26)20-4-3-9-27-16-20)19-7-5-18(6-8-19)17-31-10-12-33-13-11-31/h3-9,14-16H,2,10-13,17H2,1H3,(H2,28,29,30,32). The van der Waals surface area contributed by atoms with Crippen LogP contribution in [0.4, 0.5) is 9.93 Å². The fourth-order valence-electron chi connectivity index (χ4n) is 4.11. The zero-order valence-electron chi connectivity index (χ0n) is 19.1. The summed E-state index contributed by atoms with van der Waals surface area (Å²) < 4.78 is 6.48. The third kappa shape index (κ3) is 5.09. The maximum absolute atomic E-state index is 12.0. The number of carbonyl (C=O) groups excluding carboxylic acids is 1. The highest BCUT2D eigenvalue weighted by Crippen LogP contribution is 2.38. The molecule has 2 aromatic heterocycles. The number of nitrogens with zero attached hydrogens (tertiary/aromatic N) is 3. The van der Waals surface area contributed by atoms with Crippen molar-refractivity contribution >= 4 is 32.7 Å². The molecule has 7 nitrogen and oxygen atoms in total. The van der Waals surface area contributed by atoms with Crippen LogP contribution in [0.15, 0.2) is 60.9 Å². The number of carbonyl (C=O) groups is 1. The van der Waals surface area contributed by atoms with Crippen LogP contribution in [0, 0.1) is 0 Å². The number of nitrogens with one attached hydrogen (secondary N) is 2. The van der Waals surface area contributed by atoms with Gasteiger partial charge >= 0.3 is 6.03 Å². The monoisotopic (exact) mass is 473 g/mol. The van der Waals surface area contributed by atoms with E-state index in [4.69, 9.17) is 9.72 Å². The zero-order valence-corrected chi connectivity index (χ0v) is 19.9. The lowest BCUT2D eigenvalue weighted by atomic mass is 9.98. The Labute approximate surface area is 202 Å². The van der Waals surface area contributed by atoms with E-state index < -0.39 is 0 Å². The van der Waals surface area contributed by atoms with Crippen LogP contribution < -0.4 is 10.6 Å². The lowest BCUT2D eigenvalue weighted by Gasteiger charge is -2.26. The molecule has 3 heterocycles. The lowest BCUT2D eigenvalue weighted by molar-refractivity contribution is 0.0342. The molecule has 0 saturated carbocycles. The lowest BCUT2D eigenvalue weighted by Crippen LogP contribution is -2.35. The Bertz CT molecular complexity index is 1270. The van der Waals surface area contributed by atoms with Gasteiger partial charge in [0.1, 0.15) is 0 Å². The van der Waals surface area contributed by atoms with Gasteiger partial charge in [-0.05, 0) is 41.8 Å². The zero-order chi connectivity index (χ0) is 23.3. The highest BCUT2D eigenvalue weighted by molar-refractivity contribution is 7.22. The van der Waals surface area contributed by atoms with Gasteiger partial charge in [0.05, 0.1) is 23.4 Å². The summed E-state index contributed by atoms with van der Waals surface area (Å²) >= 11 is 1.47. The van der Waals surface area contributed by atoms with Crippen molar-refractivity contribution in [2.24, 2.45) is 0 Å². The highest BCUT2D eigenvalue weighted by Gasteiger charge is 2.15. The van der Waals surface area contributed by atoms with E-state index in [9.17, 15) is 4.79 Å². The number of aromatic nitrogens is 2. The number of morpholine rings is 1. The van der Waals surface area contributed by atoms with Crippen molar-refractivity contribution in [2.45, 2.75) is 13.5 Å². The number of urea groups is 1. The molecule has 2 amide bonds. The van der Waals surface area contributed by atoms with Crippen molar-refractivity contribution in [3.63, 3.8) is 0 Å². The second kappa shape index (κ2) is 10.3. The van der Waals surface area contributed by atoms with Crippen LogP contribution in [-0.4, -0.2) is 53.7 Å². The molecule has 34 heavy (non-hydrogen) atoms. The largest absolute Gasteiger partial charge is 0.379 e. The fraction of sp³-hybridized carbons (Fsp3) is 0.269. The number of rotatable bonds is 6. The van der Waals surface area contributed by atoms with Gasteiger partial charge in [0.15, 0.2) is 5.13 Å². The van der Waals surface area contributed by atoms with Gasteiger partial charge in [0.25, 0.3) is 0 Å². The van der Waals surface area contributed by atoms with E-state index in [1.807, 2.05) is 25.3 Å². The summed E-state index contributed by atoms with van der Waals surface area (Å²) in [4.78, 5) is 23.5. The third-order valence-electron chi connectivity index (χ3n) is 5.82. The normalized spacial score (nSPS) is 14.3. The van der Waals surface area contributed by atoms with Crippen molar-refractivity contribution in [1.29, 1.82) is 0 Å². The van der Waals surface area contributed by atoms with Gasteiger partial charge in [-0.2, -0.15) is 0 Å². The number of hydrogen-bond donors (Lipinski definition) is 2. The molecule has 8 heteroatoms. The van der Waals surface area contributed by atoms with Crippen LogP contribution in [0.1, 0.15) is 12.5 Å². The molecule has 1 fully saturated rings. The number of pyridine rings is 1. The van der Waals surface area contributed by atoms with Crippen LogP contribution >= 0.6 is 11.3 Å². The van der Waals surface area contributed by atoms with Crippen molar-refractivity contribution in [2.75, 3.05) is 38.2 Å². The minimum atomic E-state index is -0.249. The minimum absolute atomic E-state index is 0.249. The number of benzene rings is 2. The number of anilines is 1. The molecular weight excluding hydrogens is 446 g/mol. The number of amides is 2. The predicted molar refractivity (Wildman–Crippen MR) is 137 cm³/mol. The van der Waals surface area contributed by atoms with Crippen LogP contribution in [-0.2, 0) is 11.3 Å². The number of ether oxygens (including phenoxy) is 1. The Balaban J connectivity index is 1.48. The quantitative estimate of drug-likeness (QED) is 0.412. The number of thiazole rings is 1. The van der Waals surface area contributed by atoms with Gasteiger partial charge in [0, 0.05) is 49.7 Å². The molecule has 2 aromatic carbocycles. The van der Waals surface area contributed by atoms with Gasteiger partial charge in [-0.1, -0.05) is 41.7 Å². The molecule has 0 aliphatic carbocycles. The van der Waals surface area contributed by atoms with Crippen molar-refractivity contribution in [3.8, 4) is 22.3 Å². The van der Waals surface area contributed by atoms with E-state index >= 15 is 0 Å². The van der Waals surface area contributed by atoms with Gasteiger partial charge in [-0.3, -0.25) is 15.2 Å². The summed E-state index contributed by atoms with van der Waals surface area (Å²) in [7, 11) is 0. The SMILES string of the molecule is CCNC(=O)Nc1nc2cc(-c3ccc(CN4CCOCC4)cc3)cc(-c3cccnc3)c2s1. The molecule has 5 rings (SSSR count). The van der Waals surface area contributed by atoms with Crippen LogP contribution in [0.2, 0.25) is 0 Å². The Morgan fingerprint density at radius 3 is 2.65 bits per heavy atom. The van der Waals surface area contributed by atoms with E-state index in [1.165, 1.54) is 16.9 Å². The fourth-order valence-corrected chi connectivity index (χ4v) is 5.09. The summed E-state index contributed by atoms with van der Waals surface area (Å²) in [6, 6.07) is 16.7. The van der Waals surface area contributed by atoms with Gasteiger partial charge < -0.3 is 10.1 Å². The Morgan fingerprint density at radius 1 is 1.09 bits per heavy atom. The van der Waals surface area contributed by atoms with Gasteiger partial charge in [0.2, 0.25) is 0 Å². The highest BCUT2D eigenvalue weighted by atomic mass is 32.1. The van der Waals surface area contributed by atoms with E-state index in [-0.39, 0.29) is 6.03 Å². The van der Waals surface area contributed by atoms with Gasteiger partial charge in [-0.25, -0.2) is 9.78 Å². The second-order valence-electron chi connectivity index (χ2n) is 8.20. The van der Waals surface area contributed by atoms with E-state index in [0.717, 1.165) is 65.3 Å².